The maximum Gasteiger partial charge on any atom is 0.246 e. The molecule has 8 heteroatoms. The number of aromatic nitrogens is 2. The zero-order valence-corrected chi connectivity index (χ0v) is 15.0. The predicted octanol–water partition coefficient (Wildman–Crippen LogP) is 0.745. The van der Waals surface area contributed by atoms with Crippen LogP contribution in [0.5, 0.6) is 0 Å². The summed E-state index contributed by atoms with van der Waals surface area (Å²) < 4.78 is 0. The van der Waals surface area contributed by atoms with Crippen molar-refractivity contribution in [1.29, 1.82) is 0 Å². The van der Waals surface area contributed by atoms with Crippen molar-refractivity contribution >= 4 is 29.4 Å². The van der Waals surface area contributed by atoms with Crippen LogP contribution in [0, 0.1) is 6.92 Å². The number of thioether (sulfide) groups is 1. The molecule has 0 N–H and O–H groups in total. The van der Waals surface area contributed by atoms with Gasteiger partial charge in [-0.15, -0.1) is 16.9 Å². The largest absolute Gasteiger partial charge is 0.353 e. The molecule has 0 aromatic carbocycles. The Morgan fingerprint density at radius 1 is 1.17 bits per heavy atom. The molecule has 2 fully saturated rings. The summed E-state index contributed by atoms with van der Waals surface area (Å²) in [4.78, 5) is 30.3. The molecule has 2 amide bonds. The molecule has 2 aliphatic heterocycles. The average Bonchev–Trinajstić information content (AvgIpc) is 2.94. The summed E-state index contributed by atoms with van der Waals surface area (Å²) in [7, 11) is 0. The first-order valence-corrected chi connectivity index (χ1v) is 9.41. The fourth-order valence-corrected chi connectivity index (χ4v) is 4.31. The van der Waals surface area contributed by atoms with Gasteiger partial charge in [0.15, 0.2) is 5.82 Å². The zero-order chi connectivity index (χ0) is 17.1. The lowest BCUT2D eigenvalue weighted by atomic mass is 10.2. The Morgan fingerprint density at radius 3 is 2.71 bits per heavy atom. The van der Waals surface area contributed by atoms with E-state index in [1.807, 2.05) is 24.0 Å². The topological polar surface area (TPSA) is 69.6 Å². The van der Waals surface area contributed by atoms with Gasteiger partial charge >= 0.3 is 0 Å². The molecule has 1 aromatic heterocycles. The van der Waals surface area contributed by atoms with Gasteiger partial charge in [0.05, 0.1) is 11.6 Å². The van der Waals surface area contributed by atoms with Gasteiger partial charge < -0.3 is 14.7 Å². The minimum absolute atomic E-state index is 0.0234. The summed E-state index contributed by atoms with van der Waals surface area (Å²) in [5.41, 5.74) is 0.897. The molecule has 0 bridgehead atoms. The molecule has 3 rings (SSSR count). The zero-order valence-electron chi connectivity index (χ0n) is 14.1. The molecule has 2 saturated heterocycles. The molecule has 0 unspecified atom stereocenters. The van der Waals surface area contributed by atoms with E-state index in [2.05, 4.69) is 15.1 Å². The fraction of sp³-hybridized carbons (Fsp3) is 0.625. The number of rotatable bonds is 2. The minimum Gasteiger partial charge on any atom is -0.353 e. The van der Waals surface area contributed by atoms with E-state index in [0.717, 1.165) is 37.6 Å². The normalized spacial score (nSPS) is 21.8. The van der Waals surface area contributed by atoms with E-state index in [-0.39, 0.29) is 17.9 Å². The van der Waals surface area contributed by atoms with E-state index in [0.29, 0.717) is 18.2 Å². The van der Waals surface area contributed by atoms with E-state index in [4.69, 9.17) is 0 Å². The Hall–Kier alpha value is -1.83. The first-order chi connectivity index (χ1) is 11.6. The molecule has 7 nitrogen and oxygen atoms in total. The number of amides is 2. The van der Waals surface area contributed by atoms with Crippen molar-refractivity contribution in [2.24, 2.45) is 0 Å². The van der Waals surface area contributed by atoms with Gasteiger partial charge in [0.2, 0.25) is 11.8 Å². The number of hydrogen-bond donors (Lipinski definition) is 0. The molecule has 0 aliphatic carbocycles. The molecule has 1 aromatic rings. The second-order valence-corrected chi connectivity index (χ2v) is 7.20. The summed E-state index contributed by atoms with van der Waals surface area (Å²) in [6.07, 6.45) is 0.890. The fourth-order valence-electron chi connectivity index (χ4n) is 3.10. The lowest BCUT2D eigenvalue weighted by Crippen LogP contribution is -2.49. The molecule has 0 spiro atoms. The number of carbonyl (C=O) groups is 2. The van der Waals surface area contributed by atoms with Crippen molar-refractivity contribution in [3.8, 4) is 0 Å². The number of nitrogens with zero attached hydrogens (tertiary/aromatic N) is 5. The monoisotopic (exact) mass is 349 g/mol. The Bertz CT molecular complexity index is 609. The highest BCUT2D eigenvalue weighted by Crippen LogP contribution is 2.23. The summed E-state index contributed by atoms with van der Waals surface area (Å²) in [6, 6.07) is 3.62. The first-order valence-electron chi connectivity index (χ1n) is 8.25. The molecule has 0 saturated carbocycles. The van der Waals surface area contributed by atoms with E-state index in [1.54, 1.807) is 16.7 Å². The van der Waals surface area contributed by atoms with Crippen LogP contribution in [0.3, 0.4) is 0 Å². The van der Waals surface area contributed by atoms with Gasteiger partial charge in [-0.2, -0.15) is 5.10 Å². The Kier molecular flexibility index (Phi) is 5.23. The Balaban J connectivity index is 1.63. The SMILES string of the molecule is CC(=O)N1CSC[C@H]1C(=O)N1CCCN(c2ccc(C)nn2)CC1. The third kappa shape index (κ3) is 3.63. The van der Waals surface area contributed by atoms with Gasteiger partial charge in [0.1, 0.15) is 6.04 Å². The van der Waals surface area contributed by atoms with Gasteiger partial charge in [-0.1, -0.05) is 0 Å². The quantitative estimate of drug-likeness (QED) is 0.785. The Labute approximate surface area is 146 Å². The van der Waals surface area contributed by atoms with Gasteiger partial charge in [0.25, 0.3) is 0 Å². The van der Waals surface area contributed by atoms with Crippen LogP contribution in [0.15, 0.2) is 12.1 Å². The minimum atomic E-state index is -0.307. The van der Waals surface area contributed by atoms with Gasteiger partial charge in [-0.3, -0.25) is 9.59 Å². The van der Waals surface area contributed by atoms with E-state index < -0.39 is 0 Å². The van der Waals surface area contributed by atoms with Crippen LogP contribution in [0.2, 0.25) is 0 Å². The number of hydrogen-bond acceptors (Lipinski definition) is 6. The van der Waals surface area contributed by atoms with Gasteiger partial charge in [-0.05, 0) is 25.5 Å². The third-order valence-corrected chi connectivity index (χ3v) is 5.50. The van der Waals surface area contributed by atoms with Crippen LogP contribution in [0.25, 0.3) is 0 Å². The van der Waals surface area contributed by atoms with Crippen molar-refractivity contribution in [2.45, 2.75) is 26.3 Å². The first kappa shape index (κ1) is 17.0. The highest BCUT2D eigenvalue weighted by Gasteiger charge is 2.36. The van der Waals surface area contributed by atoms with E-state index in [9.17, 15) is 9.59 Å². The molecular formula is C16H23N5O2S. The van der Waals surface area contributed by atoms with Crippen molar-refractivity contribution in [1.82, 2.24) is 20.0 Å². The van der Waals surface area contributed by atoms with Gasteiger partial charge in [0, 0.05) is 38.9 Å². The van der Waals surface area contributed by atoms with Crippen LogP contribution in [0.4, 0.5) is 5.82 Å². The van der Waals surface area contributed by atoms with Gasteiger partial charge in [-0.25, -0.2) is 0 Å². The van der Waals surface area contributed by atoms with Crippen LogP contribution >= 0.6 is 11.8 Å². The van der Waals surface area contributed by atoms with E-state index >= 15 is 0 Å². The van der Waals surface area contributed by atoms with Crippen molar-refractivity contribution < 1.29 is 9.59 Å². The second kappa shape index (κ2) is 7.38. The van der Waals surface area contributed by atoms with Crippen LogP contribution in [-0.2, 0) is 9.59 Å². The third-order valence-electron chi connectivity index (χ3n) is 4.49. The standard InChI is InChI=1S/C16H23N5O2S/c1-12-4-5-15(18-17-12)19-6-3-7-20(9-8-19)16(23)14-10-24-11-21(14)13(2)22/h4-5,14H,3,6-11H2,1-2H3/t14-/m0/s1. The molecular weight excluding hydrogens is 326 g/mol. The van der Waals surface area contributed by atoms with Crippen molar-refractivity contribution in [3.05, 3.63) is 17.8 Å². The maximum atomic E-state index is 12.8. The molecule has 24 heavy (non-hydrogen) atoms. The molecule has 1 atom stereocenters. The van der Waals surface area contributed by atoms with Crippen LogP contribution in [0.1, 0.15) is 19.0 Å². The molecule has 130 valence electrons. The predicted molar refractivity (Wildman–Crippen MR) is 93.8 cm³/mol. The summed E-state index contributed by atoms with van der Waals surface area (Å²) in [5.74, 6) is 2.22. The lowest BCUT2D eigenvalue weighted by molar-refractivity contribution is -0.142. The summed E-state index contributed by atoms with van der Waals surface area (Å²) in [5, 5.41) is 8.35. The highest BCUT2D eigenvalue weighted by molar-refractivity contribution is 7.99. The van der Waals surface area contributed by atoms with Crippen molar-refractivity contribution in [3.63, 3.8) is 0 Å². The average molecular weight is 349 g/mol. The summed E-state index contributed by atoms with van der Waals surface area (Å²) in [6.45, 7) is 6.43. The van der Waals surface area contributed by atoms with Crippen molar-refractivity contribution in [2.75, 3.05) is 42.7 Å². The Morgan fingerprint density at radius 2 is 2.00 bits per heavy atom. The lowest BCUT2D eigenvalue weighted by Gasteiger charge is -2.28. The maximum absolute atomic E-state index is 12.8. The van der Waals surface area contributed by atoms with Crippen LogP contribution in [-0.4, -0.2) is 75.7 Å². The van der Waals surface area contributed by atoms with Crippen LogP contribution < -0.4 is 4.90 Å². The second-order valence-electron chi connectivity index (χ2n) is 6.20. The number of anilines is 1. The van der Waals surface area contributed by atoms with E-state index in [1.165, 1.54) is 6.92 Å². The smallest absolute Gasteiger partial charge is 0.246 e. The molecule has 3 heterocycles. The number of aryl methyl sites for hydroxylation is 1. The number of carbonyl (C=O) groups excluding carboxylic acids is 2. The highest BCUT2D eigenvalue weighted by atomic mass is 32.2. The molecule has 2 aliphatic rings. The summed E-state index contributed by atoms with van der Waals surface area (Å²) >= 11 is 1.64. The molecule has 0 radical (unpaired) electrons.